The van der Waals surface area contributed by atoms with E-state index in [2.05, 4.69) is 23.8 Å². The largest absolute Gasteiger partial charge is 0.299 e. The summed E-state index contributed by atoms with van der Waals surface area (Å²) in [5.41, 5.74) is 8.37. The van der Waals surface area contributed by atoms with Gasteiger partial charge in [-0.1, -0.05) is 60.4 Å². The molecule has 0 spiro atoms. The van der Waals surface area contributed by atoms with Crippen molar-refractivity contribution < 1.29 is 0 Å². The third kappa shape index (κ3) is 3.75. The van der Waals surface area contributed by atoms with E-state index in [9.17, 15) is 0 Å². The van der Waals surface area contributed by atoms with Crippen molar-refractivity contribution in [2.24, 2.45) is 0 Å². The fourth-order valence-corrected chi connectivity index (χ4v) is 2.40. The van der Waals surface area contributed by atoms with E-state index in [-0.39, 0.29) is 0 Å². The van der Waals surface area contributed by atoms with Crippen LogP contribution >= 0.6 is 24.0 Å². The van der Waals surface area contributed by atoms with Gasteiger partial charge in [-0.2, -0.15) is 0 Å². The molecule has 0 atom stereocenters. The predicted octanol–water partition coefficient (Wildman–Crippen LogP) is 3.99. The van der Waals surface area contributed by atoms with Crippen molar-refractivity contribution in [1.29, 1.82) is 0 Å². The summed E-state index contributed by atoms with van der Waals surface area (Å²) in [6.07, 6.45) is 0. The first-order valence-electron chi connectivity index (χ1n) is 5.60. The first kappa shape index (κ1) is 12.9. The Bertz CT molecular complexity index is 526. The normalized spacial score (nSPS) is 9.83. The molecule has 92 valence electrons. The van der Waals surface area contributed by atoms with Gasteiger partial charge in [0, 0.05) is 4.90 Å². The molecule has 0 aliphatic heterocycles. The van der Waals surface area contributed by atoms with Crippen molar-refractivity contribution in [3.63, 3.8) is 0 Å². The predicted molar refractivity (Wildman–Crippen MR) is 82.8 cm³/mol. The molecule has 0 radical (unpaired) electrons. The number of nitrogens with one attached hydrogen (secondary N) is 2. The summed E-state index contributed by atoms with van der Waals surface area (Å²) in [5, 5.41) is 0. The Balaban J connectivity index is 1.88. The summed E-state index contributed by atoms with van der Waals surface area (Å²) in [5.74, 6) is 0. The Morgan fingerprint density at radius 2 is 1.67 bits per heavy atom. The molecule has 0 bridgehead atoms. The topological polar surface area (TPSA) is 24.1 Å². The maximum atomic E-state index is 5.27. The summed E-state index contributed by atoms with van der Waals surface area (Å²) >= 11 is 6.79. The van der Waals surface area contributed by atoms with Crippen LogP contribution < -0.4 is 10.9 Å². The number of para-hydroxylation sites is 1. The Hall–Kier alpha value is -1.52. The van der Waals surface area contributed by atoms with Gasteiger partial charge in [0.05, 0.1) is 5.69 Å². The van der Waals surface area contributed by atoms with Crippen LogP contribution in [0.1, 0.15) is 5.56 Å². The van der Waals surface area contributed by atoms with Crippen LogP contribution in [0.5, 0.6) is 0 Å². The Labute approximate surface area is 117 Å². The van der Waals surface area contributed by atoms with E-state index in [0.29, 0.717) is 4.32 Å². The highest BCUT2D eigenvalue weighted by Gasteiger charge is 2.00. The van der Waals surface area contributed by atoms with E-state index in [1.165, 1.54) is 17.3 Å². The number of hydrogen-bond donors (Lipinski definition) is 2. The van der Waals surface area contributed by atoms with Gasteiger partial charge in [-0.05, 0) is 30.7 Å². The van der Waals surface area contributed by atoms with Gasteiger partial charge in [0.25, 0.3) is 0 Å². The minimum atomic E-state index is 0.699. The van der Waals surface area contributed by atoms with Gasteiger partial charge in [-0.25, -0.2) is 0 Å². The first-order chi connectivity index (χ1) is 8.75. The summed E-state index contributed by atoms with van der Waals surface area (Å²) in [6, 6.07) is 18.1. The van der Waals surface area contributed by atoms with Crippen molar-refractivity contribution in [3.8, 4) is 0 Å². The number of hydrogen-bond acceptors (Lipinski definition) is 3. The van der Waals surface area contributed by atoms with Crippen LogP contribution in [0.3, 0.4) is 0 Å². The number of thiocarbonyl (C=S) groups is 1. The summed E-state index contributed by atoms with van der Waals surface area (Å²) in [4.78, 5) is 1.13. The molecule has 0 fully saturated rings. The van der Waals surface area contributed by atoms with Crippen LogP contribution in [0.25, 0.3) is 0 Å². The zero-order valence-electron chi connectivity index (χ0n) is 10.0. The zero-order chi connectivity index (χ0) is 12.8. The summed E-state index contributed by atoms with van der Waals surface area (Å²) < 4.78 is 0.699. The fourth-order valence-electron chi connectivity index (χ4n) is 1.45. The Kier molecular flexibility index (Phi) is 4.61. The van der Waals surface area contributed by atoms with Gasteiger partial charge >= 0.3 is 0 Å². The lowest BCUT2D eigenvalue weighted by molar-refractivity contribution is 1.15. The quantitative estimate of drug-likeness (QED) is 0.502. The monoisotopic (exact) mass is 274 g/mol. The summed E-state index contributed by atoms with van der Waals surface area (Å²) in [7, 11) is 0. The van der Waals surface area contributed by atoms with Crippen LogP contribution in [-0.4, -0.2) is 4.32 Å². The van der Waals surface area contributed by atoms with Crippen molar-refractivity contribution in [1.82, 2.24) is 5.43 Å². The molecule has 0 saturated carbocycles. The molecule has 18 heavy (non-hydrogen) atoms. The second kappa shape index (κ2) is 6.42. The molecule has 0 saturated heterocycles. The van der Waals surface area contributed by atoms with E-state index in [1.807, 2.05) is 48.5 Å². The fraction of sp³-hybridized carbons (Fsp3) is 0.0714. The zero-order valence-corrected chi connectivity index (χ0v) is 11.6. The lowest BCUT2D eigenvalue weighted by Crippen LogP contribution is -2.25. The number of rotatable bonds is 3. The van der Waals surface area contributed by atoms with Crippen LogP contribution in [0.4, 0.5) is 5.69 Å². The van der Waals surface area contributed by atoms with Crippen LogP contribution in [-0.2, 0) is 0 Å². The molecule has 0 unspecified atom stereocenters. The number of aryl methyl sites for hydroxylation is 1. The van der Waals surface area contributed by atoms with Gasteiger partial charge in [-0.15, -0.1) is 0 Å². The second-order valence-corrected chi connectivity index (χ2v) is 5.52. The van der Waals surface area contributed by atoms with Gasteiger partial charge in [0.15, 0.2) is 4.32 Å². The van der Waals surface area contributed by atoms with Crippen LogP contribution in [0.2, 0.25) is 0 Å². The highest BCUT2D eigenvalue weighted by molar-refractivity contribution is 8.23. The van der Waals surface area contributed by atoms with Crippen molar-refractivity contribution in [2.75, 3.05) is 5.43 Å². The number of hydrazine groups is 1. The second-order valence-electron chi connectivity index (χ2n) is 3.77. The van der Waals surface area contributed by atoms with Crippen molar-refractivity contribution in [2.45, 2.75) is 11.8 Å². The molecule has 4 heteroatoms. The third-order valence-corrected chi connectivity index (χ3v) is 3.55. The standard InChI is InChI=1S/C14H14N2S2/c1-11-7-5-6-10-13(11)15-16-14(17)18-12-8-3-2-4-9-12/h2-10,15H,1H3,(H,16,17). The first-order valence-corrected chi connectivity index (χ1v) is 6.83. The van der Waals surface area contributed by atoms with Gasteiger partial charge in [0.1, 0.15) is 0 Å². The Morgan fingerprint density at radius 1 is 1.00 bits per heavy atom. The smallest absolute Gasteiger partial charge is 0.157 e. The average molecular weight is 274 g/mol. The van der Waals surface area contributed by atoms with Crippen LogP contribution in [0, 0.1) is 6.92 Å². The highest BCUT2D eigenvalue weighted by Crippen LogP contribution is 2.18. The molecule has 0 heterocycles. The average Bonchev–Trinajstić information content (AvgIpc) is 2.39. The molecule has 2 nitrogen and oxygen atoms in total. The minimum Gasteiger partial charge on any atom is -0.299 e. The Morgan fingerprint density at radius 3 is 2.39 bits per heavy atom. The third-order valence-electron chi connectivity index (χ3n) is 2.40. The molecule has 0 aliphatic carbocycles. The number of thioether (sulfide) groups is 1. The number of anilines is 1. The van der Waals surface area contributed by atoms with E-state index >= 15 is 0 Å². The van der Waals surface area contributed by atoms with E-state index < -0.39 is 0 Å². The molecule has 2 N–H and O–H groups in total. The molecular weight excluding hydrogens is 260 g/mol. The van der Waals surface area contributed by atoms with Gasteiger partial charge < -0.3 is 0 Å². The molecule has 0 aliphatic rings. The van der Waals surface area contributed by atoms with E-state index in [0.717, 1.165) is 10.6 Å². The van der Waals surface area contributed by atoms with Crippen molar-refractivity contribution >= 4 is 34.0 Å². The number of benzene rings is 2. The maximum Gasteiger partial charge on any atom is 0.157 e. The SMILES string of the molecule is Cc1ccccc1NNC(=S)Sc1ccccc1. The molecule has 0 aromatic heterocycles. The van der Waals surface area contributed by atoms with Gasteiger partial charge in [-0.3, -0.25) is 10.9 Å². The lowest BCUT2D eigenvalue weighted by atomic mass is 10.2. The summed E-state index contributed by atoms with van der Waals surface area (Å²) in [6.45, 7) is 2.05. The molecule has 2 aromatic carbocycles. The highest BCUT2D eigenvalue weighted by atomic mass is 32.2. The van der Waals surface area contributed by atoms with Gasteiger partial charge in [0.2, 0.25) is 0 Å². The van der Waals surface area contributed by atoms with E-state index in [1.54, 1.807) is 0 Å². The molecule has 2 aromatic rings. The maximum absolute atomic E-state index is 5.27. The van der Waals surface area contributed by atoms with Crippen molar-refractivity contribution in [3.05, 3.63) is 60.2 Å². The molecule has 2 rings (SSSR count). The molecular formula is C14H14N2S2. The lowest BCUT2D eigenvalue weighted by Gasteiger charge is -2.12. The minimum absolute atomic E-state index is 0.699. The van der Waals surface area contributed by atoms with Crippen LogP contribution in [0.15, 0.2) is 59.5 Å². The molecule has 0 amide bonds. The van der Waals surface area contributed by atoms with E-state index in [4.69, 9.17) is 12.2 Å².